The van der Waals surface area contributed by atoms with E-state index in [4.69, 9.17) is 32.7 Å². The second-order valence-electron chi connectivity index (χ2n) is 7.45. The third-order valence-corrected chi connectivity index (χ3v) is 6.11. The maximum atomic E-state index is 9.53. The SMILES string of the molecule is CSc1nccc(COc2ccc([C@H](C)Cc3cc(Cl)c(OCCCCl)c(C#N)c3)cc2)n1. The third kappa shape index (κ3) is 7.26. The van der Waals surface area contributed by atoms with E-state index in [0.29, 0.717) is 41.9 Å². The number of nitrogens with zero attached hydrogens (tertiary/aromatic N) is 3. The Bertz CT molecular complexity index is 1100. The Morgan fingerprint density at radius 2 is 1.94 bits per heavy atom. The highest BCUT2D eigenvalue weighted by Gasteiger charge is 2.14. The first-order valence-corrected chi connectivity index (χ1v) is 12.7. The molecular formula is C25H25Cl2N3O2S. The van der Waals surface area contributed by atoms with Crippen molar-refractivity contribution in [1.29, 1.82) is 5.26 Å². The molecule has 0 spiro atoms. The molecule has 0 aliphatic heterocycles. The minimum absolute atomic E-state index is 0.232. The number of aromatic nitrogens is 2. The van der Waals surface area contributed by atoms with Gasteiger partial charge < -0.3 is 9.47 Å². The van der Waals surface area contributed by atoms with E-state index in [1.54, 1.807) is 6.20 Å². The smallest absolute Gasteiger partial charge is 0.187 e. The van der Waals surface area contributed by atoms with Gasteiger partial charge in [0.2, 0.25) is 0 Å². The van der Waals surface area contributed by atoms with Crippen LogP contribution in [0.4, 0.5) is 0 Å². The zero-order chi connectivity index (χ0) is 23.6. The number of nitriles is 1. The van der Waals surface area contributed by atoms with Gasteiger partial charge in [-0.15, -0.1) is 11.6 Å². The topological polar surface area (TPSA) is 68.0 Å². The number of alkyl halides is 1. The third-order valence-electron chi connectivity index (χ3n) is 5.00. The maximum Gasteiger partial charge on any atom is 0.187 e. The lowest BCUT2D eigenvalue weighted by Crippen LogP contribution is -2.03. The predicted octanol–water partition coefficient (Wildman–Crippen LogP) is 6.66. The zero-order valence-corrected chi connectivity index (χ0v) is 20.9. The first-order chi connectivity index (χ1) is 16.0. The van der Waals surface area contributed by atoms with Crippen LogP contribution in [0.3, 0.4) is 0 Å². The number of benzene rings is 2. The van der Waals surface area contributed by atoms with Crippen molar-refractivity contribution in [2.75, 3.05) is 18.7 Å². The summed E-state index contributed by atoms with van der Waals surface area (Å²) in [4.78, 5) is 8.60. The maximum absolute atomic E-state index is 9.53. The molecule has 3 aromatic rings. The molecule has 0 radical (unpaired) electrons. The van der Waals surface area contributed by atoms with Crippen molar-refractivity contribution in [3.05, 3.63) is 76.1 Å². The summed E-state index contributed by atoms with van der Waals surface area (Å²) in [6, 6.07) is 15.8. The van der Waals surface area contributed by atoms with E-state index in [-0.39, 0.29) is 5.92 Å². The van der Waals surface area contributed by atoms with Crippen molar-refractivity contribution in [3.8, 4) is 17.6 Å². The fourth-order valence-corrected chi connectivity index (χ4v) is 4.08. The molecule has 5 nitrogen and oxygen atoms in total. The highest BCUT2D eigenvalue weighted by Crippen LogP contribution is 2.32. The van der Waals surface area contributed by atoms with Gasteiger partial charge in [-0.1, -0.05) is 42.4 Å². The van der Waals surface area contributed by atoms with Gasteiger partial charge in [-0.3, -0.25) is 0 Å². The second kappa shape index (κ2) is 12.7. The van der Waals surface area contributed by atoms with Gasteiger partial charge in [0.25, 0.3) is 0 Å². The first kappa shape index (κ1) is 25.2. The predicted molar refractivity (Wildman–Crippen MR) is 134 cm³/mol. The average molecular weight is 502 g/mol. The molecule has 172 valence electrons. The minimum Gasteiger partial charge on any atom is -0.491 e. The van der Waals surface area contributed by atoms with Crippen LogP contribution in [0.25, 0.3) is 0 Å². The number of thioether (sulfide) groups is 1. The lowest BCUT2D eigenvalue weighted by molar-refractivity contribution is 0.300. The number of halogens is 2. The van der Waals surface area contributed by atoms with Crippen LogP contribution in [0.1, 0.15) is 41.6 Å². The van der Waals surface area contributed by atoms with Crippen molar-refractivity contribution >= 4 is 35.0 Å². The lowest BCUT2D eigenvalue weighted by Gasteiger charge is -2.15. The Morgan fingerprint density at radius 1 is 1.15 bits per heavy atom. The molecule has 0 bridgehead atoms. The number of ether oxygens (including phenoxy) is 2. The van der Waals surface area contributed by atoms with E-state index in [1.165, 1.54) is 17.3 Å². The summed E-state index contributed by atoms with van der Waals surface area (Å²) in [5, 5.41) is 10.7. The molecule has 1 aromatic heterocycles. The molecule has 0 amide bonds. The molecule has 1 heterocycles. The Balaban J connectivity index is 1.62. The highest BCUT2D eigenvalue weighted by molar-refractivity contribution is 7.98. The molecule has 2 aromatic carbocycles. The molecule has 0 aliphatic carbocycles. The Kier molecular flexibility index (Phi) is 9.68. The summed E-state index contributed by atoms with van der Waals surface area (Å²) >= 11 is 13.6. The van der Waals surface area contributed by atoms with Crippen molar-refractivity contribution in [1.82, 2.24) is 9.97 Å². The Morgan fingerprint density at radius 3 is 2.64 bits per heavy atom. The van der Waals surface area contributed by atoms with Crippen LogP contribution in [0.5, 0.6) is 11.5 Å². The zero-order valence-electron chi connectivity index (χ0n) is 18.6. The van der Waals surface area contributed by atoms with Crippen LogP contribution in [-0.4, -0.2) is 28.7 Å². The number of hydrogen-bond donors (Lipinski definition) is 0. The number of hydrogen-bond acceptors (Lipinski definition) is 6. The highest BCUT2D eigenvalue weighted by atomic mass is 35.5. The van der Waals surface area contributed by atoms with Gasteiger partial charge in [0.15, 0.2) is 10.9 Å². The van der Waals surface area contributed by atoms with Gasteiger partial charge in [-0.2, -0.15) is 5.26 Å². The van der Waals surface area contributed by atoms with E-state index in [0.717, 1.165) is 28.6 Å². The van der Waals surface area contributed by atoms with E-state index in [9.17, 15) is 5.26 Å². The van der Waals surface area contributed by atoms with Crippen LogP contribution in [0.15, 0.2) is 53.8 Å². The molecule has 0 fully saturated rings. The summed E-state index contributed by atoms with van der Waals surface area (Å²) in [7, 11) is 0. The van der Waals surface area contributed by atoms with Crippen LogP contribution in [-0.2, 0) is 13.0 Å². The first-order valence-electron chi connectivity index (χ1n) is 10.5. The van der Waals surface area contributed by atoms with Crippen LogP contribution >= 0.6 is 35.0 Å². The van der Waals surface area contributed by atoms with E-state index in [1.807, 2.05) is 36.6 Å². The molecule has 0 aliphatic rings. The summed E-state index contributed by atoms with van der Waals surface area (Å²) in [6.07, 6.45) is 5.12. The standard InChI is InChI=1S/C25H25Cl2N3O2S/c1-17(12-18-13-20(15-28)24(23(27)14-18)31-11-3-9-26)19-4-6-22(7-5-19)32-16-21-8-10-29-25(30-21)33-2/h4-8,10,13-14,17H,3,9,11-12,16H2,1-2H3/t17-/m1/s1. The van der Waals surface area contributed by atoms with Gasteiger partial charge in [0, 0.05) is 12.1 Å². The normalized spacial score (nSPS) is 11.6. The minimum atomic E-state index is 0.232. The van der Waals surface area contributed by atoms with Gasteiger partial charge in [0.1, 0.15) is 18.4 Å². The molecule has 33 heavy (non-hydrogen) atoms. The largest absolute Gasteiger partial charge is 0.491 e. The van der Waals surface area contributed by atoms with Gasteiger partial charge >= 0.3 is 0 Å². The van der Waals surface area contributed by atoms with Crippen molar-refractivity contribution < 1.29 is 9.47 Å². The quantitative estimate of drug-likeness (QED) is 0.126. The van der Waals surface area contributed by atoms with Gasteiger partial charge in [0.05, 0.1) is 22.9 Å². The monoisotopic (exact) mass is 501 g/mol. The van der Waals surface area contributed by atoms with Crippen LogP contribution in [0, 0.1) is 11.3 Å². The summed E-state index contributed by atoms with van der Waals surface area (Å²) < 4.78 is 11.5. The fraction of sp³-hybridized carbons (Fsp3) is 0.320. The lowest BCUT2D eigenvalue weighted by atomic mass is 9.93. The second-order valence-corrected chi connectivity index (χ2v) is 9.01. The summed E-state index contributed by atoms with van der Waals surface area (Å²) in [5.41, 5.74) is 3.44. The van der Waals surface area contributed by atoms with Gasteiger partial charge in [-0.05, 0) is 66.5 Å². The number of rotatable bonds is 11. The summed E-state index contributed by atoms with van der Waals surface area (Å²) in [5.74, 6) is 1.94. The van der Waals surface area contributed by atoms with Crippen molar-refractivity contribution in [3.63, 3.8) is 0 Å². The molecule has 8 heteroatoms. The molecule has 1 atom stereocenters. The van der Waals surface area contributed by atoms with Crippen LogP contribution in [0.2, 0.25) is 5.02 Å². The molecule has 3 rings (SSSR count). The summed E-state index contributed by atoms with van der Waals surface area (Å²) in [6.45, 7) is 2.96. The van der Waals surface area contributed by atoms with Gasteiger partial charge in [-0.25, -0.2) is 9.97 Å². The Hall–Kier alpha value is -2.46. The van der Waals surface area contributed by atoms with Crippen molar-refractivity contribution in [2.24, 2.45) is 0 Å². The molecule has 0 N–H and O–H groups in total. The van der Waals surface area contributed by atoms with E-state index in [2.05, 4.69) is 35.1 Å². The van der Waals surface area contributed by atoms with E-state index < -0.39 is 0 Å². The fourth-order valence-electron chi connectivity index (χ4n) is 3.30. The molecule has 0 saturated heterocycles. The molecule has 0 saturated carbocycles. The Labute approximate surface area is 209 Å². The van der Waals surface area contributed by atoms with Crippen molar-refractivity contribution in [2.45, 2.75) is 37.4 Å². The van der Waals surface area contributed by atoms with E-state index >= 15 is 0 Å². The average Bonchev–Trinajstić information content (AvgIpc) is 2.84. The molecular weight excluding hydrogens is 477 g/mol. The van der Waals surface area contributed by atoms with Crippen LogP contribution < -0.4 is 9.47 Å². The molecule has 0 unspecified atom stereocenters.